The van der Waals surface area contributed by atoms with Crippen LogP contribution in [0, 0.1) is 13.8 Å². The first-order valence-electron chi connectivity index (χ1n) is 10.4. The molecule has 174 valence electrons. The molecule has 3 aromatic rings. The molecule has 1 fully saturated rings. The summed E-state index contributed by atoms with van der Waals surface area (Å²) in [5.41, 5.74) is 3.03. The van der Waals surface area contributed by atoms with Gasteiger partial charge in [-0.15, -0.1) is 10.2 Å². The van der Waals surface area contributed by atoms with Crippen LogP contribution in [-0.2, 0) is 16.2 Å². The first-order chi connectivity index (χ1) is 15.6. The first kappa shape index (κ1) is 23.2. The molecule has 10 heteroatoms. The highest BCUT2D eigenvalue weighted by Gasteiger charge is 2.34. The smallest absolute Gasteiger partial charge is 0.352 e. The number of sulfonamides is 1. The van der Waals surface area contributed by atoms with Gasteiger partial charge in [-0.3, -0.25) is 0 Å². The lowest BCUT2D eigenvalue weighted by Gasteiger charge is -2.34. The largest absolute Gasteiger partial charge is 0.416 e. The fourth-order valence-corrected chi connectivity index (χ4v) is 5.35. The number of aryl methyl sites for hydroxylation is 2. The van der Waals surface area contributed by atoms with E-state index in [0.717, 1.165) is 29.0 Å². The fraction of sp³-hybridized carbons (Fsp3) is 0.304. The number of alkyl halides is 3. The molecule has 0 saturated carbocycles. The van der Waals surface area contributed by atoms with E-state index in [-0.39, 0.29) is 18.0 Å². The zero-order valence-electron chi connectivity index (χ0n) is 18.2. The van der Waals surface area contributed by atoms with Crippen molar-refractivity contribution in [1.82, 2.24) is 14.5 Å². The van der Waals surface area contributed by atoms with Gasteiger partial charge >= 0.3 is 6.18 Å². The second-order valence-electron chi connectivity index (χ2n) is 8.01. The number of hydrogen-bond acceptors (Lipinski definition) is 5. The van der Waals surface area contributed by atoms with Crippen LogP contribution in [0.1, 0.15) is 16.7 Å². The molecule has 2 aromatic carbocycles. The lowest BCUT2D eigenvalue weighted by Crippen LogP contribution is -2.49. The number of piperazine rings is 1. The van der Waals surface area contributed by atoms with Gasteiger partial charge in [-0.05, 0) is 49.7 Å². The van der Waals surface area contributed by atoms with Crippen molar-refractivity contribution in [3.05, 3.63) is 71.3 Å². The standard InChI is InChI=1S/C23H23F3N4O2S/c1-16-6-7-20(17(2)14-16)21-8-9-22(28-27-21)29-10-12-30(13-11-29)33(31,32)19-5-3-4-18(15-19)23(24,25)26/h3-9,14-15H,10-13H2,1-2H3. The first-order valence-corrected chi connectivity index (χ1v) is 11.8. The van der Waals surface area contributed by atoms with Gasteiger partial charge in [0.2, 0.25) is 10.0 Å². The molecule has 1 aliphatic rings. The molecule has 0 N–H and O–H groups in total. The number of aromatic nitrogens is 2. The third-order valence-corrected chi connectivity index (χ3v) is 7.56. The zero-order valence-corrected chi connectivity index (χ0v) is 19.0. The monoisotopic (exact) mass is 476 g/mol. The van der Waals surface area contributed by atoms with Crippen molar-refractivity contribution in [3.63, 3.8) is 0 Å². The maximum atomic E-state index is 13.0. The molecule has 1 aliphatic heterocycles. The number of rotatable bonds is 4. The molecule has 33 heavy (non-hydrogen) atoms. The molecule has 0 aliphatic carbocycles. The summed E-state index contributed by atoms with van der Waals surface area (Å²) < 4.78 is 65.9. The number of benzene rings is 2. The van der Waals surface area contributed by atoms with E-state index in [1.807, 2.05) is 43.0 Å². The van der Waals surface area contributed by atoms with Crippen LogP contribution in [0.15, 0.2) is 59.5 Å². The highest BCUT2D eigenvalue weighted by Crippen LogP contribution is 2.31. The summed E-state index contributed by atoms with van der Waals surface area (Å²) in [6, 6.07) is 13.7. The quantitative estimate of drug-likeness (QED) is 0.562. The number of nitrogens with zero attached hydrogens (tertiary/aromatic N) is 4. The highest BCUT2D eigenvalue weighted by atomic mass is 32.2. The molecule has 1 saturated heterocycles. The van der Waals surface area contributed by atoms with Gasteiger partial charge in [0.1, 0.15) is 0 Å². The molecule has 0 radical (unpaired) electrons. The predicted molar refractivity (Wildman–Crippen MR) is 119 cm³/mol. The topological polar surface area (TPSA) is 66.4 Å². The Kier molecular flexibility index (Phi) is 6.15. The highest BCUT2D eigenvalue weighted by molar-refractivity contribution is 7.89. The Morgan fingerprint density at radius 3 is 2.21 bits per heavy atom. The van der Waals surface area contributed by atoms with E-state index in [1.54, 1.807) is 0 Å². The molecule has 2 heterocycles. The van der Waals surface area contributed by atoms with E-state index in [9.17, 15) is 21.6 Å². The molecule has 0 spiro atoms. The van der Waals surface area contributed by atoms with Gasteiger partial charge < -0.3 is 4.90 Å². The molecule has 4 rings (SSSR count). The number of anilines is 1. The summed E-state index contributed by atoms with van der Waals surface area (Å²) in [5.74, 6) is 0.625. The third-order valence-electron chi connectivity index (χ3n) is 5.67. The van der Waals surface area contributed by atoms with Gasteiger partial charge in [0.25, 0.3) is 0 Å². The molecular weight excluding hydrogens is 453 g/mol. The van der Waals surface area contributed by atoms with Gasteiger partial charge in [0.05, 0.1) is 16.2 Å². The molecule has 0 atom stereocenters. The minimum atomic E-state index is -4.60. The van der Waals surface area contributed by atoms with Gasteiger partial charge in [-0.2, -0.15) is 17.5 Å². The van der Waals surface area contributed by atoms with Gasteiger partial charge in [0.15, 0.2) is 5.82 Å². The summed E-state index contributed by atoms with van der Waals surface area (Å²) in [6.07, 6.45) is -4.60. The maximum Gasteiger partial charge on any atom is 0.416 e. The van der Waals surface area contributed by atoms with E-state index in [1.165, 1.54) is 15.9 Å². The normalized spacial score (nSPS) is 15.6. The summed E-state index contributed by atoms with van der Waals surface area (Å²) in [4.78, 5) is 1.56. The summed E-state index contributed by atoms with van der Waals surface area (Å²) in [7, 11) is -4.03. The van der Waals surface area contributed by atoms with Crippen molar-refractivity contribution < 1.29 is 21.6 Å². The molecule has 0 unspecified atom stereocenters. The van der Waals surface area contributed by atoms with Crippen LogP contribution >= 0.6 is 0 Å². The summed E-state index contributed by atoms with van der Waals surface area (Å²) >= 11 is 0. The van der Waals surface area contributed by atoms with Crippen LogP contribution in [0.2, 0.25) is 0 Å². The predicted octanol–water partition coefficient (Wildman–Crippen LogP) is 4.29. The number of halogens is 3. The SMILES string of the molecule is Cc1ccc(-c2ccc(N3CCN(S(=O)(=O)c4cccc(C(F)(F)F)c4)CC3)nn2)c(C)c1. The number of hydrogen-bond donors (Lipinski definition) is 0. The van der Waals surface area contributed by atoms with Crippen molar-refractivity contribution in [1.29, 1.82) is 0 Å². The maximum absolute atomic E-state index is 13.0. The Morgan fingerprint density at radius 1 is 0.879 bits per heavy atom. The van der Waals surface area contributed by atoms with Gasteiger partial charge in [-0.1, -0.05) is 29.8 Å². The second kappa shape index (κ2) is 8.75. The summed E-state index contributed by atoms with van der Waals surface area (Å²) in [5, 5.41) is 8.64. The molecule has 0 bridgehead atoms. The van der Waals surface area contributed by atoms with Crippen LogP contribution in [0.25, 0.3) is 11.3 Å². The third kappa shape index (κ3) is 4.86. The van der Waals surface area contributed by atoms with Crippen LogP contribution in [0.3, 0.4) is 0 Å². The van der Waals surface area contributed by atoms with Crippen LogP contribution in [0.5, 0.6) is 0 Å². The van der Waals surface area contributed by atoms with E-state index in [0.29, 0.717) is 25.0 Å². The second-order valence-corrected chi connectivity index (χ2v) is 9.95. The Hall–Kier alpha value is -2.98. The van der Waals surface area contributed by atoms with E-state index < -0.39 is 21.8 Å². The Balaban J connectivity index is 1.45. The van der Waals surface area contributed by atoms with Crippen molar-refractivity contribution in [2.45, 2.75) is 24.9 Å². The molecule has 1 aromatic heterocycles. The Bertz CT molecular complexity index is 1250. The average Bonchev–Trinajstić information content (AvgIpc) is 2.79. The van der Waals surface area contributed by atoms with Crippen LogP contribution in [0.4, 0.5) is 19.0 Å². The van der Waals surface area contributed by atoms with E-state index >= 15 is 0 Å². The van der Waals surface area contributed by atoms with Crippen molar-refractivity contribution in [3.8, 4) is 11.3 Å². The average molecular weight is 477 g/mol. The fourth-order valence-electron chi connectivity index (χ4n) is 3.88. The van der Waals surface area contributed by atoms with E-state index in [4.69, 9.17) is 0 Å². The molecule has 6 nitrogen and oxygen atoms in total. The lowest BCUT2D eigenvalue weighted by atomic mass is 10.0. The Labute approximate surface area is 190 Å². The van der Waals surface area contributed by atoms with Crippen LogP contribution < -0.4 is 4.90 Å². The van der Waals surface area contributed by atoms with Crippen molar-refractivity contribution >= 4 is 15.8 Å². The molecule has 0 amide bonds. The lowest BCUT2D eigenvalue weighted by molar-refractivity contribution is -0.137. The van der Waals surface area contributed by atoms with Gasteiger partial charge in [0, 0.05) is 31.7 Å². The Morgan fingerprint density at radius 2 is 1.61 bits per heavy atom. The minimum absolute atomic E-state index is 0.138. The van der Waals surface area contributed by atoms with Gasteiger partial charge in [-0.25, -0.2) is 8.42 Å². The van der Waals surface area contributed by atoms with Crippen molar-refractivity contribution in [2.75, 3.05) is 31.1 Å². The minimum Gasteiger partial charge on any atom is -0.352 e. The van der Waals surface area contributed by atoms with Crippen LogP contribution in [-0.4, -0.2) is 49.1 Å². The molecular formula is C23H23F3N4O2S. The summed E-state index contributed by atoms with van der Waals surface area (Å²) in [6.45, 7) is 5.03. The zero-order chi connectivity index (χ0) is 23.8. The van der Waals surface area contributed by atoms with E-state index in [2.05, 4.69) is 16.3 Å². The van der Waals surface area contributed by atoms with Crippen molar-refractivity contribution in [2.24, 2.45) is 0 Å².